The maximum absolute atomic E-state index is 11.8. The van der Waals surface area contributed by atoms with Gasteiger partial charge < -0.3 is 15.2 Å². The first-order valence-electron chi connectivity index (χ1n) is 5.02. The van der Waals surface area contributed by atoms with Gasteiger partial charge in [0.25, 0.3) is 5.91 Å². The zero-order valence-corrected chi connectivity index (χ0v) is 8.72. The van der Waals surface area contributed by atoms with E-state index in [1.54, 1.807) is 0 Å². The Hall–Kier alpha value is -1.53. The van der Waals surface area contributed by atoms with Crippen LogP contribution in [0.15, 0.2) is 18.7 Å². The van der Waals surface area contributed by atoms with E-state index in [2.05, 4.69) is 15.3 Å². The summed E-state index contributed by atoms with van der Waals surface area (Å²) in [7, 11) is 0. The summed E-state index contributed by atoms with van der Waals surface area (Å²) in [4.78, 5) is 19.3. The first-order chi connectivity index (χ1) is 7.76. The molecule has 0 saturated carbocycles. The second kappa shape index (κ2) is 4.54. The van der Waals surface area contributed by atoms with Gasteiger partial charge in [-0.2, -0.15) is 0 Å². The normalized spacial score (nSPS) is 24.3. The first kappa shape index (κ1) is 11.0. The molecule has 0 bridgehead atoms. The Balaban J connectivity index is 2.07. The molecule has 1 unspecified atom stereocenters. The van der Waals surface area contributed by atoms with E-state index in [0.29, 0.717) is 25.2 Å². The van der Waals surface area contributed by atoms with E-state index in [9.17, 15) is 9.90 Å². The van der Waals surface area contributed by atoms with Gasteiger partial charge >= 0.3 is 0 Å². The Bertz CT molecular complexity index is 363. The van der Waals surface area contributed by atoms with Crippen molar-refractivity contribution >= 4 is 5.91 Å². The van der Waals surface area contributed by atoms with Gasteiger partial charge in [0.05, 0.1) is 24.3 Å². The predicted octanol–water partition coefficient (Wildman–Crippen LogP) is -0.642. The largest absolute Gasteiger partial charge is 0.394 e. The monoisotopic (exact) mass is 223 g/mol. The average Bonchev–Trinajstić information content (AvgIpc) is 2.79. The van der Waals surface area contributed by atoms with Crippen LogP contribution in [-0.2, 0) is 4.74 Å². The van der Waals surface area contributed by atoms with Crippen molar-refractivity contribution in [1.82, 2.24) is 15.3 Å². The summed E-state index contributed by atoms with van der Waals surface area (Å²) in [6.07, 6.45) is 4.84. The summed E-state index contributed by atoms with van der Waals surface area (Å²) >= 11 is 0. The first-order valence-corrected chi connectivity index (χ1v) is 5.02. The SMILES string of the molecule is O=C(NC1(CO)CCOC1)c1cncnc1. The fraction of sp³-hybridized carbons (Fsp3) is 0.500. The van der Waals surface area contributed by atoms with Crippen LogP contribution in [0.5, 0.6) is 0 Å². The van der Waals surface area contributed by atoms with Crippen molar-refractivity contribution in [2.24, 2.45) is 0 Å². The highest BCUT2D eigenvalue weighted by Gasteiger charge is 2.36. The fourth-order valence-corrected chi connectivity index (χ4v) is 1.60. The second-order valence-corrected chi connectivity index (χ2v) is 3.82. The number of carbonyl (C=O) groups excluding carboxylic acids is 1. The van der Waals surface area contributed by atoms with E-state index < -0.39 is 5.54 Å². The Labute approximate surface area is 92.7 Å². The van der Waals surface area contributed by atoms with Crippen LogP contribution in [0.1, 0.15) is 16.8 Å². The van der Waals surface area contributed by atoms with Crippen molar-refractivity contribution in [2.75, 3.05) is 19.8 Å². The number of rotatable bonds is 3. The van der Waals surface area contributed by atoms with Crippen LogP contribution in [0, 0.1) is 0 Å². The standard InChI is InChI=1S/C10H13N3O3/c14-5-10(1-2-16-6-10)13-9(15)8-3-11-7-12-4-8/h3-4,7,14H,1-2,5-6H2,(H,13,15). The molecule has 2 N–H and O–H groups in total. The molecule has 1 atom stereocenters. The van der Waals surface area contributed by atoms with Crippen molar-refractivity contribution in [1.29, 1.82) is 0 Å². The summed E-state index contributed by atoms with van der Waals surface area (Å²) < 4.78 is 5.18. The number of hydrogen-bond donors (Lipinski definition) is 2. The molecular weight excluding hydrogens is 210 g/mol. The molecular formula is C10H13N3O3. The Morgan fingerprint density at radius 3 is 2.88 bits per heavy atom. The van der Waals surface area contributed by atoms with E-state index in [1.807, 2.05) is 0 Å². The number of nitrogens with zero attached hydrogens (tertiary/aromatic N) is 2. The van der Waals surface area contributed by atoms with Gasteiger partial charge in [-0.1, -0.05) is 0 Å². The van der Waals surface area contributed by atoms with Crippen molar-refractivity contribution in [3.63, 3.8) is 0 Å². The van der Waals surface area contributed by atoms with E-state index >= 15 is 0 Å². The number of carbonyl (C=O) groups is 1. The molecule has 0 spiro atoms. The minimum absolute atomic E-state index is 0.133. The highest BCUT2D eigenvalue weighted by Crippen LogP contribution is 2.18. The Kier molecular flexibility index (Phi) is 3.12. The molecule has 2 heterocycles. The summed E-state index contributed by atoms with van der Waals surface area (Å²) in [5.41, 5.74) is -0.283. The number of nitrogens with one attached hydrogen (secondary N) is 1. The summed E-state index contributed by atoms with van der Waals surface area (Å²) in [6, 6.07) is 0. The lowest BCUT2D eigenvalue weighted by molar-refractivity contribution is 0.0789. The van der Waals surface area contributed by atoms with Gasteiger partial charge in [0, 0.05) is 19.0 Å². The molecule has 1 aromatic rings. The quantitative estimate of drug-likeness (QED) is 0.712. The third-order valence-corrected chi connectivity index (χ3v) is 2.61. The van der Waals surface area contributed by atoms with Crippen molar-refractivity contribution in [3.8, 4) is 0 Å². The zero-order valence-electron chi connectivity index (χ0n) is 8.72. The molecule has 1 fully saturated rings. The number of aliphatic hydroxyl groups excluding tert-OH is 1. The summed E-state index contributed by atoms with van der Waals surface area (Å²) in [5.74, 6) is -0.292. The molecule has 1 amide bonds. The molecule has 2 rings (SSSR count). The van der Waals surface area contributed by atoms with Gasteiger partial charge in [0.2, 0.25) is 0 Å². The van der Waals surface area contributed by atoms with Crippen LogP contribution in [0.4, 0.5) is 0 Å². The van der Waals surface area contributed by atoms with Gasteiger partial charge in [0.15, 0.2) is 0 Å². The predicted molar refractivity (Wildman–Crippen MR) is 54.8 cm³/mol. The van der Waals surface area contributed by atoms with E-state index in [-0.39, 0.29) is 12.5 Å². The lowest BCUT2D eigenvalue weighted by Crippen LogP contribution is -2.52. The molecule has 1 saturated heterocycles. The van der Waals surface area contributed by atoms with Crippen LogP contribution >= 0.6 is 0 Å². The van der Waals surface area contributed by atoms with Crippen molar-refractivity contribution < 1.29 is 14.6 Å². The summed E-state index contributed by atoms with van der Waals surface area (Å²) in [5, 5.41) is 12.1. The molecule has 1 aliphatic heterocycles. The number of ether oxygens (including phenoxy) is 1. The van der Waals surface area contributed by atoms with Gasteiger partial charge in [-0.25, -0.2) is 9.97 Å². The number of aliphatic hydroxyl groups is 1. The Morgan fingerprint density at radius 1 is 1.56 bits per heavy atom. The molecule has 16 heavy (non-hydrogen) atoms. The highest BCUT2D eigenvalue weighted by atomic mass is 16.5. The molecule has 1 aromatic heterocycles. The Morgan fingerprint density at radius 2 is 2.31 bits per heavy atom. The summed E-state index contributed by atoms with van der Waals surface area (Å²) in [6.45, 7) is 0.751. The van der Waals surface area contributed by atoms with E-state index in [0.717, 1.165) is 0 Å². The van der Waals surface area contributed by atoms with Crippen LogP contribution in [0.2, 0.25) is 0 Å². The van der Waals surface area contributed by atoms with Crippen LogP contribution < -0.4 is 5.32 Å². The third-order valence-electron chi connectivity index (χ3n) is 2.61. The number of hydrogen-bond acceptors (Lipinski definition) is 5. The number of aromatic nitrogens is 2. The van der Waals surface area contributed by atoms with Gasteiger partial charge in [-0.15, -0.1) is 0 Å². The lowest BCUT2D eigenvalue weighted by Gasteiger charge is -2.25. The van der Waals surface area contributed by atoms with Crippen LogP contribution in [0.25, 0.3) is 0 Å². The van der Waals surface area contributed by atoms with Crippen molar-refractivity contribution in [3.05, 3.63) is 24.3 Å². The molecule has 0 radical (unpaired) electrons. The topological polar surface area (TPSA) is 84.3 Å². The third kappa shape index (κ3) is 2.17. The van der Waals surface area contributed by atoms with Crippen LogP contribution in [0.3, 0.4) is 0 Å². The van der Waals surface area contributed by atoms with E-state index in [1.165, 1.54) is 18.7 Å². The van der Waals surface area contributed by atoms with Crippen molar-refractivity contribution in [2.45, 2.75) is 12.0 Å². The maximum atomic E-state index is 11.8. The lowest BCUT2D eigenvalue weighted by atomic mass is 10.00. The average molecular weight is 223 g/mol. The maximum Gasteiger partial charge on any atom is 0.255 e. The molecule has 0 aromatic carbocycles. The molecule has 6 heteroatoms. The van der Waals surface area contributed by atoms with Gasteiger partial charge in [-0.05, 0) is 6.42 Å². The number of amides is 1. The van der Waals surface area contributed by atoms with E-state index in [4.69, 9.17) is 4.74 Å². The fourth-order valence-electron chi connectivity index (χ4n) is 1.60. The van der Waals surface area contributed by atoms with Gasteiger partial charge in [-0.3, -0.25) is 4.79 Å². The minimum Gasteiger partial charge on any atom is -0.394 e. The highest BCUT2D eigenvalue weighted by molar-refractivity contribution is 5.94. The minimum atomic E-state index is -0.660. The second-order valence-electron chi connectivity index (χ2n) is 3.82. The molecule has 86 valence electrons. The smallest absolute Gasteiger partial charge is 0.255 e. The molecule has 1 aliphatic rings. The van der Waals surface area contributed by atoms with Gasteiger partial charge in [0.1, 0.15) is 6.33 Å². The molecule has 6 nitrogen and oxygen atoms in total. The van der Waals surface area contributed by atoms with Crippen LogP contribution in [-0.4, -0.2) is 46.3 Å². The zero-order chi connectivity index (χ0) is 11.4. The molecule has 0 aliphatic carbocycles.